The molecular weight excluding hydrogens is 284 g/mol. The van der Waals surface area contributed by atoms with Gasteiger partial charge in [-0.1, -0.05) is 0 Å². The third kappa shape index (κ3) is 3.59. The fourth-order valence-corrected chi connectivity index (χ4v) is 2.29. The lowest BCUT2D eigenvalue weighted by atomic mass is 10.2. The first kappa shape index (κ1) is 14.5. The predicted octanol–water partition coefficient (Wildman–Crippen LogP) is 2.12. The summed E-state index contributed by atoms with van der Waals surface area (Å²) >= 11 is 0. The average molecular weight is 302 g/mol. The van der Waals surface area contributed by atoms with Crippen LogP contribution in [0.25, 0.3) is 0 Å². The number of furan rings is 1. The highest BCUT2D eigenvalue weighted by Gasteiger charge is 2.13. The van der Waals surface area contributed by atoms with Gasteiger partial charge in [0.05, 0.1) is 19.4 Å². The van der Waals surface area contributed by atoms with E-state index in [1.54, 1.807) is 24.5 Å². The fourth-order valence-electron chi connectivity index (χ4n) is 2.29. The van der Waals surface area contributed by atoms with Gasteiger partial charge in [-0.05, 0) is 31.3 Å². The first-order chi connectivity index (χ1) is 10.7. The normalized spacial score (nSPS) is 13.2. The van der Waals surface area contributed by atoms with E-state index < -0.39 is 0 Å². The average Bonchev–Trinajstić information content (AvgIpc) is 2.99. The third-order valence-corrected chi connectivity index (χ3v) is 3.25. The van der Waals surface area contributed by atoms with E-state index in [1.807, 2.05) is 24.1 Å². The molecule has 3 rings (SSSR count). The summed E-state index contributed by atoms with van der Waals surface area (Å²) in [6, 6.07) is 9.10. The van der Waals surface area contributed by atoms with E-state index in [1.165, 1.54) is 0 Å². The van der Waals surface area contributed by atoms with Crippen LogP contribution in [-0.2, 0) is 11.3 Å². The second-order valence-corrected chi connectivity index (χ2v) is 5.16. The van der Waals surface area contributed by atoms with Crippen LogP contribution in [0.4, 0.5) is 5.69 Å². The summed E-state index contributed by atoms with van der Waals surface area (Å²) in [5, 5.41) is 2.86. The molecule has 0 unspecified atom stereocenters. The van der Waals surface area contributed by atoms with Gasteiger partial charge in [-0.25, -0.2) is 0 Å². The number of fused-ring (bicyclic) bond motifs is 1. The third-order valence-electron chi connectivity index (χ3n) is 3.25. The Morgan fingerprint density at radius 1 is 1.23 bits per heavy atom. The second kappa shape index (κ2) is 6.53. The molecule has 1 aliphatic rings. The van der Waals surface area contributed by atoms with Gasteiger partial charge in [0, 0.05) is 11.8 Å². The zero-order valence-corrected chi connectivity index (χ0v) is 12.4. The number of hydrogen-bond donors (Lipinski definition) is 1. The summed E-state index contributed by atoms with van der Waals surface area (Å²) in [5.41, 5.74) is 0.695. The molecule has 0 fully saturated rings. The molecule has 0 atom stereocenters. The topological polar surface area (TPSA) is 63.9 Å². The number of nitrogens with one attached hydrogen (secondary N) is 1. The minimum atomic E-state index is -0.0919. The molecule has 1 N–H and O–H groups in total. The highest BCUT2D eigenvalue weighted by atomic mass is 16.6. The maximum absolute atomic E-state index is 12.1. The first-order valence-electron chi connectivity index (χ1n) is 7.11. The molecule has 0 saturated carbocycles. The lowest BCUT2D eigenvalue weighted by Gasteiger charge is -2.19. The molecule has 0 aliphatic carbocycles. The van der Waals surface area contributed by atoms with Crippen LogP contribution in [0.3, 0.4) is 0 Å². The van der Waals surface area contributed by atoms with Crippen LogP contribution < -0.4 is 14.8 Å². The molecule has 22 heavy (non-hydrogen) atoms. The van der Waals surface area contributed by atoms with Crippen molar-refractivity contribution in [1.29, 1.82) is 0 Å². The predicted molar refractivity (Wildman–Crippen MR) is 81.1 cm³/mol. The Balaban J connectivity index is 1.55. The Bertz CT molecular complexity index is 640. The Labute approximate surface area is 128 Å². The fraction of sp³-hybridized carbons (Fsp3) is 0.312. The van der Waals surface area contributed by atoms with E-state index in [0.29, 0.717) is 36.9 Å². The van der Waals surface area contributed by atoms with Crippen LogP contribution in [-0.4, -0.2) is 37.6 Å². The summed E-state index contributed by atoms with van der Waals surface area (Å²) < 4.78 is 16.2. The lowest BCUT2D eigenvalue weighted by molar-refractivity contribution is -0.117. The monoisotopic (exact) mass is 302 g/mol. The van der Waals surface area contributed by atoms with Gasteiger partial charge < -0.3 is 19.2 Å². The van der Waals surface area contributed by atoms with E-state index >= 15 is 0 Å². The van der Waals surface area contributed by atoms with Crippen molar-refractivity contribution < 1.29 is 18.7 Å². The second-order valence-electron chi connectivity index (χ2n) is 5.16. The Morgan fingerprint density at radius 3 is 2.82 bits per heavy atom. The summed E-state index contributed by atoms with van der Waals surface area (Å²) in [4.78, 5) is 13.9. The van der Waals surface area contributed by atoms with E-state index in [9.17, 15) is 4.79 Å². The van der Waals surface area contributed by atoms with Gasteiger partial charge in [-0.2, -0.15) is 0 Å². The van der Waals surface area contributed by atoms with Crippen molar-refractivity contribution in [2.45, 2.75) is 6.54 Å². The van der Waals surface area contributed by atoms with E-state index in [-0.39, 0.29) is 12.5 Å². The molecule has 0 radical (unpaired) electrons. The van der Waals surface area contributed by atoms with Crippen molar-refractivity contribution in [3.8, 4) is 11.5 Å². The van der Waals surface area contributed by atoms with Crippen LogP contribution in [0.1, 0.15) is 5.76 Å². The van der Waals surface area contributed by atoms with Crippen molar-refractivity contribution in [3.05, 3.63) is 42.4 Å². The number of amides is 1. The van der Waals surface area contributed by atoms with Crippen molar-refractivity contribution in [1.82, 2.24) is 4.90 Å². The molecule has 1 aromatic heterocycles. The van der Waals surface area contributed by atoms with Gasteiger partial charge in [0.2, 0.25) is 5.91 Å². The first-order valence-corrected chi connectivity index (χ1v) is 7.11. The van der Waals surface area contributed by atoms with Crippen molar-refractivity contribution in [2.75, 3.05) is 32.1 Å². The van der Waals surface area contributed by atoms with Gasteiger partial charge in [0.1, 0.15) is 19.0 Å². The lowest BCUT2D eigenvalue weighted by Crippen LogP contribution is -2.29. The molecule has 116 valence electrons. The van der Waals surface area contributed by atoms with Crippen LogP contribution >= 0.6 is 0 Å². The Hall–Kier alpha value is -2.47. The number of nitrogens with zero attached hydrogens (tertiary/aromatic N) is 1. The number of benzene rings is 1. The molecule has 1 amide bonds. The molecule has 0 spiro atoms. The maximum Gasteiger partial charge on any atom is 0.238 e. The summed E-state index contributed by atoms with van der Waals surface area (Å²) in [7, 11) is 1.87. The standard InChI is InChI=1S/C16H18N2O4/c1-18(10-13-3-2-6-20-13)11-16(19)17-12-4-5-14-15(9-12)22-8-7-21-14/h2-6,9H,7-8,10-11H2,1H3,(H,17,19). The summed E-state index contributed by atoms with van der Waals surface area (Å²) in [5.74, 6) is 2.10. The number of carbonyl (C=O) groups excluding carboxylic acids is 1. The largest absolute Gasteiger partial charge is 0.486 e. The molecule has 1 aromatic carbocycles. The Kier molecular flexibility index (Phi) is 4.29. The molecule has 6 nitrogen and oxygen atoms in total. The summed E-state index contributed by atoms with van der Waals surface area (Å²) in [6.45, 7) is 1.93. The number of likely N-dealkylation sites (N-methyl/N-ethyl adjacent to an activating group) is 1. The van der Waals surface area contributed by atoms with Crippen LogP contribution in [0.15, 0.2) is 41.0 Å². The zero-order valence-electron chi connectivity index (χ0n) is 12.4. The smallest absolute Gasteiger partial charge is 0.238 e. The van der Waals surface area contributed by atoms with Crippen molar-refractivity contribution >= 4 is 11.6 Å². The van der Waals surface area contributed by atoms with Gasteiger partial charge in [0.25, 0.3) is 0 Å². The molecular formula is C16H18N2O4. The van der Waals surface area contributed by atoms with Gasteiger partial charge in [0.15, 0.2) is 11.5 Å². The number of hydrogen-bond acceptors (Lipinski definition) is 5. The molecule has 1 aliphatic heterocycles. The Morgan fingerprint density at radius 2 is 2.05 bits per heavy atom. The van der Waals surface area contributed by atoms with E-state index in [2.05, 4.69) is 5.32 Å². The van der Waals surface area contributed by atoms with Crippen LogP contribution in [0.5, 0.6) is 11.5 Å². The quantitative estimate of drug-likeness (QED) is 0.916. The van der Waals surface area contributed by atoms with Crippen molar-refractivity contribution in [2.24, 2.45) is 0 Å². The van der Waals surface area contributed by atoms with Crippen LogP contribution in [0.2, 0.25) is 0 Å². The number of rotatable bonds is 5. The molecule has 2 aromatic rings. The SMILES string of the molecule is CN(CC(=O)Nc1ccc2c(c1)OCCO2)Cc1ccco1. The van der Waals surface area contributed by atoms with E-state index in [0.717, 1.165) is 5.76 Å². The van der Waals surface area contributed by atoms with Gasteiger partial charge in [-0.3, -0.25) is 9.69 Å². The highest BCUT2D eigenvalue weighted by molar-refractivity contribution is 5.92. The number of anilines is 1. The van der Waals surface area contributed by atoms with Crippen molar-refractivity contribution in [3.63, 3.8) is 0 Å². The van der Waals surface area contributed by atoms with Gasteiger partial charge in [-0.15, -0.1) is 0 Å². The number of carbonyl (C=O) groups is 1. The molecule has 0 bridgehead atoms. The molecule has 0 saturated heterocycles. The zero-order chi connectivity index (χ0) is 15.4. The molecule has 2 heterocycles. The van der Waals surface area contributed by atoms with E-state index in [4.69, 9.17) is 13.9 Å². The highest BCUT2D eigenvalue weighted by Crippen LogP contribution is 2.32. The number of ether oxygens (including phenoxy) is 2. The summed E-state index contributed by atoms with van der Waals surface area (Å²) in [6.07, 6.45) is 1.62. The minimum Gasteiger partial charge on any atom is -0.486 e. The van der Waals surface area contributed by atoms with Gasteiger partial charge >= 0.3 is 0 Å². The molecule has 6 heteroatoms. The minimum absolute atomic E-state index is 0.0919. The maximum atomic E-state index is 12.1. The van der Waals surface area contributed by atoms with Crippen LogP contribution in [0, 0.1) is 0 Å².